The molecule has 0 bridgehead atoms. The Hall–Kier alpha value is -2.67. The summed E-state index contributed by atoms with van der Waals surface area (Å²) in [7, 11) is 0. The van der Waals surface area contributed by atoms with Crippen molar-refractivity contribution in [2.24, 2.45) is 5.92 Å². The molecule has 0 saturated heterocycles. The molecule has 4 rings (SSSR count). The van der Waals surface area contributed by atoms with Crippen molar-refractivity contribution in [3.8, 4) is 0 Å². The fourth-order valence-corrected chi connectivity index (χ4v) is 5.34. The minimum atomic E-state index is -1.11. The molecule has 1 aromatic carbocycles. The average Bonchev–Trinajstić information content (AvgIpc) is 2.81. The van der Waals surface area contributed by atoms with Crippen LogP contribution < -0.4 is 0 Å². The molecule has 4 atom stereocenters. The van der Waals surface area contributed by atoms with E-state index in [2.05, 4.69) is 39.8 Å². The predicted octanol–water partition coefficient (Wildman–Crippen LogP) is 7.47. The van der Waals surface area contributed by atoms with E-state index in [1.807, 2.05) is 18.2 Å². The van der Waals surface area contributed by atoms with Gasteiger partial charge in [0.05, 0.1) is 25.4 Å². The zero-order chi connectivity index (χ0) is 27.4. The number of allylic oxidation sites excluding steroid dienone is 4. The molecule has 0 saturated carbocycles. The highest BCUT2D eigenvalue weighted by Gasteiger charge is 2.45. The number of fused-ring (bicyclic) bond motifs is 1. The number of Topliss-reactive ketones (excluding diaryl/α,β-unsaturated/α-hetero) is 1. The molecule has 0 aromatic heterocycles. The van der Waals surface area contributed by atoms with Gasteiger partial charge in [0.15, 0.2) is 5.78 Å². The van der Waals surface area contributed by atoms with Crippen molar-refractivity contribution in [3.05, 3.63) is 93.6 Å². The molecule has 0 unspecified atom stereocenters. The van der Waals surface area contributed by atoms with Crippen LogP contribution >= 0.6 is 0 Å². The van der Waals surface area contributed by atoms with Crippen molar-refractivity contribution in [3.63, 3.8) is 0 Å². The first-order valence-electron chi connectivity index (χ1n) is 13.3. The topological polar surface area (TPSA) is 44.8 Å². The number of carbonyl (C=O) groups excluding carboxylic acids is 1. The van der Waals surface area contributed by atoms with Crippen molar-refractivity contribution in [2.45, 2.75) is 84.9 Å². The van der Waals surface area contributed by atoms with E-state index in [0.717, 1.165) is 30.4 Å². The maximum atomic E-state index is 14.1. The molecule has 0 amide bonds. The SMILES string of the molecule is CC(C)=CCCC(C)=C[C@@H]1CC(C)=C[C@]2(C=C(COCc3c(F)cccc3F)[C@H]3CC(=O)C(C)=C[C@H]3O2)O1. The Morgan fingerprint density at radius 3 is 2.53 bits per heavy atom. The summed E-state index contributed by atoms with van der Waals surface area (Å²) in [5, 5.41) is 0. The predicted molar refractivity (Wildman–Crippen MR) is 144 cm³/mol. The Bertz CT molecular complexity index is 1200. The van der Waals surface area contributed by atoms with E-state index in [9.17, 15) is 13.6 Å². The molecule has 38 heavy (non-hydrogen) atoms. The molecule has 0 N–H and O–H groups in total. The van der Waals surface area contributed by atoms with Gasteiger partial charge < -0.3 is 14.2 Å². The number of rotatable bonds is 8. The van der Waals surface area contributed by atoms with Crippen molar-refractivity contribution >= 4 is 5.78 Å². The number of halogens is 2. The molecule has 6 heteroatoms. The third kappa shape index (κ3) is 6.85. The summed E-state index contributed by atoms with van der Waals surface area (Å²) in [5.74, 6) is -2.56. The standard InChI is InChI=1S/C32H38F2O4/c1-20(2)8-6-9-21(3)12-25-13-22(4)16-32(37-25)17-24(26-15-30(35)23(5)14-31(26)38-32)18-36-19-27-28(33)10-7-11-29(27)34/h7-8,10-12,14,16-17,25-26,31H,6,9,13,15,18-19H2,1-5H3/t25-,26-,31-,32+/m1/s1. The van der Waals surface area contributed by atoms with Crippen LogP contribution in [-0.4, -0.2) is 30.4 Å². The molecule has 1 spiro atoms. The summed E-state index contributed by atoms with van der Waals surface area (Å²) in [6.07, 6.45) is 12.6. The van der Waals surface area contributed by atoms with Gasteiger partial charge in [0, 0.05) is 17.9 Å². The molecular formula is C32H38F2O4. The highest BCUT2D eigenvalue weighted by molar-refractivity contribution is 5.96. The minimum absolute atomic E-state index is 0.0564. The second-order valence-corrected chi connectivity index (χ2v) is 11.0. The number of ketones is 1. The summed E-state index contributed by atoms with van der Waals surface area (Å²) in [6.45, 7) is 10.1. The van der Waals surface area contributed by atoms with Crippen LogP contribution in [0.5, 0.6) is 0 Å². The summed E-state index contributed by atoms with van der Waals surface area (Å²) in [4.78, 5) is 12.6. The fraction of sp³-hybridized carbons (Fsp3) is 0.469. The van der Waals surface area contributed by atoms with Crippen molar-refractivity contribution in [1.82, 2.24) is 0 Å². The monoisotopic (exact) mass is 524 g/mol. The third-order valence-corrected chi connectivity index (χ3v) is 7.28. The highest BCUT2D eigenvalue weighted by Crippen LogP contribution is 2.42. The lowest BCUT2D eigenvalue weighted by atomic mass is 9.79. The van der Waals surface area contributed by atoms with Crippen LogP contribution in [0, 0.1) is 17.6 Å². The summed E-state index contributed by atoms with van der Waals surface area (Å²) in [6, 6.07) is 3.76. The molecule has 204 valence electrons. The number of ether oxygens (including phenoxy) is 3. The second kappa shape index (κ2) is 12.0. The van der Waals surface area contributed by atoms with E-state index in [0.29, 0.717) is 12.0 Å². The van der Waals surface area contributed by atoms with Crippen LogP contribution in [0.4, 0.5) is 8.78 Å². The highest BCUT2D eigenvalue weighted by atomic mass is 19.1. The molecular weight excluding hydrogens is 486 g/mol. The van der Waals surface area contributed by atoms with E-state index in [-0.39, 0.29) is 42.7 Å². The minimum Gasteiger partial charge on any atom is -0.372 e. The van der Waals surface area contributed by atoms with Gasteiger partial charge in [-0.2, -0.15) is 0 Å². The summed E-state index contributed by atoms with van der Waals surface area (Å²) >= 11 is 0. The van der Waals surface area contributed by atoms with E-state index in [1.165, 1.54) is 29.3 Å². The first kappa shape index (κ1) is 28.3. The Kier molecular flexibility index (Phi) is 8.96. The van der Waals surface area contributed by atoms with Gasteiger partial charge in [-0.25, -0.2) is 8.78 Å². The number of carbonyl (C=O) groups is 1. The quantitative estimate of drug-likeness (QED) is 0.331. The molecule has 1 aromatic rings. The lowest BCUT2D eigenvalue weighted by Crippen LogP contribution is -2.49. The lowest BCUT2D eigenvalue weighted by Gasteiger charge is -2.45. The van der Waals surface area contributed by atoms with E-state index >= 15 is 0 Å². The van der Waals surface area contributed by atoms with E-state index < -0.39 is 17.4 Å². The largest absolute Gasteiger partial charge is 0.372 e. The average molecular weight is 525 g/mol. The third-order valence-electron chi connectivity index (χ3n) is 7.28. The Balaban J connectivity index is 1.58. The lowest BCUT2D eigenvalue weighted by molar-refractivity contribution is -0.225. The Morgan fingerprint density at radius 1 is 1.08 bits per heavy atom. The zero-order valence-electron chi connectivity index (χ0n) is 23.0. The van der Waals surface area contributed by atoms with Gasteiger partial charge in [-0.1, -0.05) is 34.9 Å². The van der Waals surface area contributed by atoms with Gasteiger partial charge in [0.2, 0.25) is 5.79 Å². The van der Waals surface area contributed by atoms with Gasteiger partial charge in [0.1, 0.15) is 11.6 Å². The molecule has 0 radical (unpaired) electrons. The van der Waals surface area contributed by atoms with Gasteiger partial charge >= 0.3 is 0 Å². The van der Waals surface area contributed by atoms with Crippen LogP contribution in [0.2, 0.25) is 0 Å². The Labute approximate surface area is 224 Å². The molecule has 3 aliphatic rings. The van der Waals surface area contributed by atoms with Gasteiger partial charge in [-0.05, 0) is 95.4 Å². The maximum absolute atomic E-state index is 14.1. The van der Waals surface area contributed by atoms with Gasteiger partial charge in [-0.15, -0.1) is 0 Å². The van der Waals surface area contributed by atoms with Gasteiger partial charge in [-0.3, -0.25) is 4.79 Å². The molecule has 2 aliphatic heterocycles. The smallest absolute Gasteiger partial charge is 0.209 e. The Morgan fingerprint density at radius 2 is 1.82 bits per heavy atom. The zero-order valence-corrected chi connectivity index (χ0v) is 23.0. The second-order valence-electron chi connectivity index (χ2n) is 11.0. The van der Waals surface area contributed by atoms with E-state index in [4.69, 9.17) is 14.2 Å². The molecule has 2 heterocycles. The summed E-state index contributed by atoms with van der Waals surface area (Å²) in [5.41, 5.74) is 5.10. The van der Waals surface area contributed by atoms with Gasteiger partial charge in [0.25, 0.3) is 0 Å². The molecule has 4 nitrogen and oxygen atoms in total. The fourth-order valence-electron chi connectivity index (χ4n) is 5.34. The van der Waals surface area contributed by atoms with E-state index in [1.54, 1.807) is 6.92 Å². The van der Waals surface area contributed by atoms with Crippen LogP contribution in [-0.2, 0) is 25.6 Å². The first-order chi connectivity index (χ1) is 18.0. The van der Waals surface area contributed by atoms with Crippen molar-refractivity contribution < 1.29 is 27.8 Å². The summed E-state index contributed by atoms with van der Waals surface area (Å²) < 4.78 is 47.2. The number of benzene rings is 1. The normalized spacial score (nSPS) is 27.4. The maximum Gasteiger partial charge on any atom is 0.209 e. The van der Waals surface area contributed by atoms with Crippen LogP contribution in [0.1, 0.15) is 65.9 Å². The van der Waals surface area contributed by atoms with Crippen LogP contribution in [0.3, 0.4) is 0 Å². The number of hydrogen-bond acceptors (Lipinski definition) is 4. The van der Waals surface area contributed by atoms with Crippen molar-refractivity contribution in [1.29, 1.82) is 0 Å². The van der Waals surface area contributed by atoms with Crippen LogP contribution in [0.15, 0.2) is 76.4 Å². The molecule has 0 fully saturated rings. The van der Waals surface area contributed by atoms with Crippen LogP contribution in [0.25, 0.3) is 0 Å². The molecule has 1 aliphatic carbocycles. The number of hydrogen-bond donors (Lipinski definition) is 0. The first-order valence-corrected chi connectivity index (χ1v) is 13.3. The van der Waals surface area contributed by atoms with Crippen molar-refractivity contribution in [2.75, 3.05) is 6.61 Å².